The van der Waals surface area contributed by atoms with Crippen LogP contribution in [0.2, 0.25) is 0 Å². The highest BCUT2D eigenvalue weighted by molar-refractivity contribution is 7.14. The fraction of sp³-hybridized carbons (Fsp3) is 0.375. The summed E-state index contributed by atoms with van der Waals surface area (Å²) in [5.74, 6) is -0.682. The molecular formula is C16H19FN2O2S. The molecule has 118 valence electrons. The molecule has 0 saturated carbocycles. The quantitative estimate of drug-likeness (QED) is 0.840. The second-order valence-electron chi connectivity index (χ2n) is 5.51. The van der Waals surface area contributed by atoms with Gasteiger partial charge in [-0.3, -0.25) is 4.79 Å². The molecule has 0 aliphatic rings. The van der Waals surface area contributed by atoms with Gasteiger partial charge in [0.15, 0.2) is 5.13 Å². The van der Waals surface area contributed by atoms with E-state index in [2.05, 4.69) is 18.8 Å². The van der Waals surface area contributed by atoms with Crippen LogP contribution in [0.1, 0.15) is 20.3 Å². The molecule has 0 unspecified atom stereocenters. The first-order valence-electron chi connectivity index (χ1n) is 7.14. The van der Waals surface area contributed by atoms with E-state index in [0.29, 0.717) is 12.5 Å². The Labute approximate surface area is 133 Å². The molecule has 1 aromatic heterocycles. The Balaban J connectivity index is 2.17. The number of benzene rings is 1. The number of halogens is 1. The number of carboxylic acid groups (broad SMARTS) is 1. The van der Waals surface area contributed by atoms with Crippen LogP contribution in [0, 0.1) is 11.7 Å². The van der Waals surface area contributed by atoms with Crippen LogP contribution in [0.25, 0.3) is 11.3 Å². The van der Waals surface area contributed by atoms with E-state index in [9.17, 15) is 9.18 Å². The third kappa shape index (κ3) is 4.53. The number of carboxylic acids is 1. The van der Waals surface area contributed by atoms with Crippen molar-refractivity contribution in [2.24, 2.45) is 5.92 Å². The average Bonchev–Trinajstić information content (AvgIpc) is 2.93. The maximum Gasteiger partial charge on any atom is 0.305 e. The summed E-state index contributed by atoms with van der Waals surface area (Å²) in [6, 6.07) is 6.20. The number of aliphatic carboxylic acids is 1. The lowest BCUT2D eigenvalue weighted by Crippen LogP contribution is -2.29. The number of carbonyl (C=O) groups is 1. The number of nitrogens with zero attached hydrogens (tertiary/aromatic N) is 2. The Morgan fingerprint density at radius 2 is 2.05 bits per heavy atom. The number of hydrogen-bond acceptors (Lipinski definition) is 4. The zero-order valence-electron chi connectivity index (χ0n) is 12.6. The van der Waals surface area contributed by atoms with E-state index in [1.165, 1.54) is 23.5 Å². The highest BCUT2D eigenvalue weighted by atomic mass is 32.1. The first-order chi connectivity index (χ1) is 10.5. The largest absolute Gasteiger partial charge is 0.481 e. The Hall–Kier alpha value is -1.95. The van der Waals surface area contributed by atoms with E-state index in [1.807, 2.05) is 10.3 Å². The van der Waals surface area contributed by atoms with Gasteiger partial charge in [0.05, 0.1) is 12.1 Å². The van der Waals surface area contributed by atoms with Crippen LogP contribution in [-0.2, 0) is 4.79 Å². The molecule has 0 radical (unpaired) electrons. The third-order valence-corrected chi connectivity index (χ3v) is 3.99. The predicted molar refractivity (Wildman–Crippen MR) is 86.8 cm³/mol. The smallest absolute Gasteiger partial charge is 0.305 e. The second-order valence-corrected chi connectivity index (χ2v) is 6.34. The Bertz CT molecular complexity index is 625. The molecule has 2 rings (SSSR count). The van der Waals surface area contributed by atoms with E-state index in [-0.39, 0.29) is 12.2 Å². The van der Waals surface area contributed by atoms with E-state index >= 15 is 0 Å². The van der Waals surface area contributed by atoms with Gasteiger partial charge in [0.2, 0.25) is 0 Å². The zero-order chi connectivity index (χ0) is 16.1. The minimum absolute atomic E-state index is 0.0815. The fourth-order valence-corrected chi connectivity index (χ4v) is 2.97. The molecular weight excluding hydrogens is 303 g/mol. The standard InChI is InChI=1S/C16H19FN2O2S/c1-11(2)9-19(8-7-15(20)21)16-18-14(10-22-16)12-3-5-13(17)6-4-12/h3-6,10-11H,7-9H2,1-2H3,(H,20,21). The van der Waals surface area contributed by atoms with Gasteiger partial charge in [-0.05, 0) is 30.2 Å². The molecule has 6 heteroatoms. The molecule has 0 bridgehead atoms. The lowest BCUT2D eigenvalue weighted by molar-refractivity contribution is -0.136. The molecule has 0 aliphatic carbocycles. The monoisotopic (exact) mass is 322 g/mol. The van der Waals surface area contributed by atoms with Crippen LogP contribution in [0.5, 0.6) is 0 Å². The average molecular weight is 322 g/mol. The molecule has 0 saturated heterocycles. The molecule has 0 fully saturated rings. The maximum absolute atomic E-state index is 13.0. The van der Waals surface area contributed by atoms with Gasteiger partial charge in [0, 0.05) is 24.0 Å². The number of anilines is 1. The molecule has 2 aromatic rings. The highest BCUT2D eigenvalue weighted by Gasteiger charge is 2.15. The number of rotatable bonds is 7. The summed E-state index contributed by atoms with van der Waals surface area (Å²) in [6.07, 6.45) is 0.0815. The molecule has 0 spiro atoms. The first-order valence-corrected chi connectivity index (χ1v) is 8.02. The summed E-state index contributed by atoms with van der Waals surface area (Å²) in [4.78, 5) is 17.4. The summed E-state index contributed by atoms with van der Waals surface area (Å²) in [6.45, 7) is 5.36. The van der Waals surface area contributed by atoms with Crippen molar-refractivity contribution < 1.29 is 14.3 Å². The van der Waals surface area contributed by atoms with Crippen LogP contribution in [-0.4, -0.2) is 29.1 Å². The van der Waals surface area contributed by atoms with E-state index in [0.717, 1.165) is 22.9 Å². The van der Waals surface area contributed by atoms with E-state index in [1.54, 1.807) is 12.1 Å². The summed E-state index contributed by atoms with van der Waals surface area (Å²) in [7, 11) is 0. The predicted octanol–water partition coefficient (Wildman–Crippen LogP) is 3.89. The Kier molecular flexibility index (Phi) is 5.49. The molecule has 0 atom stereocenters. The van der Waals surface area contributed by atoms with Crippen molar-refractivity contribution in [2.75, 3.05) is 18.0 Å². The van der Waals surface area contributed by atoms with Gasteiger partial charge in [-0.25, -0.2) is 9.37 Å². The minimum Gasteiger partial charge on any atom is -0.481 e. The highest BCUT2D eigenvalue weighted by Crippen LogP contribution is 2.28. The number of hydrogen-bond donors (Lipinski definition) is 1. The molecule has 22 heavy (non-hydrogen) atoms. The van der Waals surface area contributed by atoms with Gasteiger partial charge >= 0.3 is 5.97 Å². The topological polar surface area (TPSA) is 53.4 Å². The van der Waals surface area contributed by atoms with Crippen molar-refractivity contribution in [1.29, 1.82) is 0 Å². The van der Waals surface area contributed by atoms with Gasteiger partial charge < -0.3 is 10.0 Å². The van der Waals surface area contributed by atoms with Crippen molar-refractivity contribution in [3.05, 3.63) is 35.5 Å². The molecule has 4 nitrogen and oxygen atoms in total. The van der Waals surface area contributed by atoms with Crippen LogP contribution < -0.4 is 4.90 Å². The molecule has 1 aromatic carbocycles. The van der Waals surface area contributed by atoms with Gasteiger partial charge in [-0.1, -0.05) is 13.8 Å². The summed E-state index contributed by atoms with van der Waals surface area (Å²) < 4.78 is 13.0. The van der Waals surface area contributed by atoms with E-state index in [4.69, 9.17) is 5.11 Å². The number of thiazole rings is 1. The lowest BCUT2D eigenvalue weighted by Gasteiger charge is -2.23. The third-order valence-electron chi connectivity index (χ3n) is 3.08. The minimum atomic E-state index is -0.816. The van der Waals surface area contributed by atoms with Crippen LogP contribution in [0.3, 0.4) is 0 Å². The van der Waals surface area contributed by atoms with Gasteiger partial charge in [0.25, 0.3) is 0 Å². The summed E-state index contributed by atoms with van der Waals surface area (Å²) in [5.41, 5.74) is 1.63. The van der Waals surface area contributed by atoms with Gasteiger partial charge in [-0.2, -0.15) is 0 Å². The van der Waals surface area contributed by atoms with E-state index < -0.39 is 5.97 Å². The van der Waals surface area contributed by atoms with Crippen molar-refractivity contribution in [2.45, 2.75) is 20.3 Å². The van der Waals surface area contributed by atoms with Crippen molar-refractivity contribution in [3.63, 3.8) is 0 Å². The maximum atomic E-state index is 13.0. The lowest BCUT2D eigenvalue weighted by atomic mass is 10.2. The SMILES string of the molecule is CC(C)CN(CCC(=O)O)c1nc(-c2ccc(F)cc2)cs1. The fourth-order valence-electron chi connectivity index (χ4n) is 2.10. The van der Waals surface area contributed by atoms with Crippen molar-refractivity contribution >= 4 is 22.4 Å². The van der Waals surface area contributed by atoms with Gasteiger partial charge in [-0.15, -0.1) is 11.3 Å². The first kappa shape index (κ1) is 16.4. The summed E-state index contributed by atoms with van der Waals surface area (Å²) in [5, 5.41) is 11.6. The van der Waals surface area contributed by atoms with Crippen LogP contribution >= 0.6 is 11.3 Å². The van der Waals surface area contributed by atoms with Crippen molar-refractivity contribution in [3.8, 4) is 11.3 Å². The van der Waals surface area contributed by atoms with Crippen molar-refractivity contribution in [1.82, 2.24) is 4.98 Å². The summed E-state index contributed by atoms with van der Waals surface area (Å²) >= 11 is 1.48. The number of aromatic nitrogens is 1. The van der Waals surface area contributed by atoms with Crippen LogP contribution in [0.15, 0.2) is 29.6 Å². The Morgan fingerprint density at radius 3 is 2.64 bits per heavy atom. The molecule has 0 aliphatic heterocycles. The second kappa shape index (κ2) is 7.35. The van der Waals surface area contributed by atoms with Gasteiger partial charge in [0.1, 0.15) is 5.82 Å². The Morgan fingerprint density at radius 1 is 1.36 bits per heavy atom. The normalized spacial score (nSPS) is 10.9. The van der Waals surface area contributed by atoms with Crippen LogP contribution in [0.4, 0.5) is 9.52 Å². The molecule has 1 N–H and O–H groups in total. The molecule has 1 heterocycles. The zero-order valence-corrected chi connectivity index (χ0v) is 13.4. The molecule has 0 amide bonds.